The molecule has 0 unspecified atom stereocenters. The number of H-pyrrole nitrogens is 1. The summed E-state index contributed by atoms with van der Waals surface area (Å²) in [4.78, 5) is 28.9. The molecule has 0 spiro atoms. The summed E-state index contributed by atoms with van der Waals surface area (Å²) in [5.74, 6) is 1.51. The molecule has 4 aromatic heterocycles. The summed E-state index contributed by atoms with van der Waals surface area (Å²) in [5, 5.41) is 15.4. The largest absolute Gasteiger partial charge is 1.00 e. The van der Waals surface area contributed by atoms with Crippen molar-refractivity contribution in [3.05, 3.63) is 222 Å². The second kappa shape index (κ2) is 28.7. The van der Waals surface area contributed by atoms with Gasteiger partial charge in [0.05, 0.1) is 11.0 Å². The zero-order chi connectivity index (χ0) is 52.2. The second-order valence-corrected chi connectivity index (χ2v) is 19.3. The van der Waals surface area contributed by atoms with E-state index in [9.17, 15) is 5.11 Å². The Labute approximate surface area is 493 Å². The molecule has 0 aliphatic carbocycles. The fourth-order valence-corrected chi connectivity index (χ4v) is 8.87. The molecule has 390 valence electrons. The fourth-order valence-electron chi connectivity index (χ4n) is 8.36. The van der Waals surface area contributed by atoms with Gasteiger partial charge in [-0.1, -0.05) is 218 Å². The molecular formula is C64H60Cl3N8NaO2. The monoisotopic (exact) mass is 1100 g/mol. The number of aromatic nitrogens is 8. The Morgan fingerprint density at radius 2 is 0.731 bits per heavy atom. The first-order valence-corrected chi connectivity index (χ1v) is 25.6. The van der Waals surface area contributed by atoms with Crippen molar-refractivity contribution in [2.24, 2.45) is 0 Å². The van der Waals surface area contributed by atoms with Crippen molar-refractivity contribution in [3.63, 3.8) is 0 Å². The average Bonchev–Trinajstić information content (AvgIpc) is 4.24. The summed E-state index contributed by atoms with van der Waals surface area (Å²) in [6.45, 7) is 6.90. The van der Waals surface area contributed by atoms with Crippen molar-refractivity contribution in [1.29, 1.82) is 0 Å². The average molecular weight is 1100 g/mol. The minimum Gasteiger partial charge on any atom is -0.850 e. The van der Waals surface area contributed by atoms with Crippen LogP contribution in [0.5, 0.6) is 0 Å². The van der Waals surface area contributed by atoms with Gasteiger partial charge in [-0.25, -0.2) is 0 Å². The van der Waals surface area contributed by atoms with E-state index in [1.165, 1.54) is 40.2 Å². The smallest absolute Gasteiger partial charge is 0.850 e. The maximum absolute atomic E-state index is 10.1. The van der Waals surface area contributed by atoms with E-state index in [0.717, 1.165) is 62.8 Å². The van der Waals surface area contributed by atoms with Gasteiger partial charge in [0.25, 0.3) is 0 Å². The van der Waals surface area contributed by atoms with Crippen LogP contribution in [0.1, 0.15) is 48.5 Å². The predicted octanol–water partition coefficient (Wildman–Crippen LogP) is 14.0. The molecule has 10 nitrogen and oxygen atoms in total. The minimum atomic E-state index is -0.750. The van der Waals surface area contributed by atoms with Crippen LogP contribution >= 0.6 is 34.8 Å². The third-order valence-electron chi connectivity index (χ3n) is 11.7. The quantitative estimate of drug-likeness (QED) is 0.169. The predicted molar refractivity (Wildman–Crippen MR) is 320 cm³/mol. The van der Waals surface area contributed by atoms with Crippen molar-refractivity contribution in [2.45, 2.75) is 54.1 Å². The van der Waals surface area contributed by atoms with E-state index in [-0.39, 0.29) is 60.3 Å². The number of aromatic amines is 1. The van der Waals surface area contributed by atoms with Crippen LogP contribution in [-0.4, -0.2) is 58.3 Å². The van der Waals surface area contributed by atoms with Gasteiger partial charge in [0.2, 0.25) is 21.8 Å². The van der Waals surface area contributed by atoms with Gasteiger partial charge in [0.15, 0.2) is 11.6 Å². The van der Waals surface area contributed by atoms with Gasteiger partial charge < -0.3 is 14.8 Å². The molecule has 5 heterocycles. The molecule has 14 heteroatoms. The van der Waals surface area contributed by atoms with Crippen molar-refractivity contribution in [3.8, 4) is 51.0 Å². The van der Waals surface area contributed by atoms with E-state index in [1.807, 2.05) is 102 Å². The van der Waals surface area contributed by atoms with Crippen LogP contribution in [-0.2, 0) is 4.74 Å². The van der Waals surface area contributed by atoms with E-state index < -0.39 is 5.60 Å². The number of para-hydroxylation sites is 4. The molecule has 1 fully saturated rings. The van der Waals surface area contributed by atoms with Gasteiger partial charge >= 0.3 is 29.6 Å². The van der Waals surface area contributed by atoms with E-state index in [0.29, 0.717) is 17.6 Å². The van der Waals surface area contributed by atoms with Crippen molar-refractivity contribution < 1.29 is 39.4 Å². The zero-order valence-electron chi connectivity index (χ0n) is 42.5. The summed E-state index contributed by atoms with van der Waals surface area (Å²) >= 11 is 17.9. The molecule has 1 N–H and O–H groups in total. The van der Waals surface area contributed by atoms with Gasteiger partial charge in [-0.05, 0) is 94.2 Å². The SMILES string of the molecule is C.C.C1CCOC1.CC(C)(C)[O-].Clc1nc(-c2ccc(-c3ccccc3)cc2)nc(-n2c3ccccc3c3ccccc32)n1.Clc1nc(Cl)nc(-c2ccc(-c3ccccc3)cc2)n1.[Na+].c1ccc2c(c1)[nH]c1ccccc12. The van der Waals surface area contributed by atoms with Crippen LogP contribution in [0, 0.1) is 0 Å². The van der Waals surface area contributed by atoms with Crippen LogP contribution in [0.3, 0.4) is 0 Å². The molecule has 0 saturated carbocycles. The normalized spacial score (nSPS) is 11.5. The van der Waals surface area contributed by atoms with E-state index in [4.69, 9.17) is 44.5 Å². The summed E-state index contributed by atoms with van der Waals surface area (Å²) in [6, 6.07) is 69.7. The van der Waals surface area contributed by atoms with Crippen LogP contribution in [0.25, 0.3) is 94.6 Å². The number of ether oxygens (including phenoxy) is 1. The molecule has 12 aromatic rings. The number of rotatable bonds is 5. The van der Waals surface area contributed by atoms with Crippen molar-refractivity contribution >= 4 is 78.4 Å². The Morgan fingerprint density at radius 3 is 1.13 bits per heavy atom. The Morgan fingerprint density at radius 1 is 0.410 bits per heavy atom. The number of benzene rings is 8. The van der Waals surface area contributed by atoms with Gasteiger partial charge in [0.1, 0.15) is 0 Å². The van der Waals surface area contributed by atoms with E-state index in [1.54, 1.807) is 20.8 Å². The summed E-state index contributed by atoms with van der Waals surface area (Å²) in [5.41, 5.74) is 10.0. The molecule has 0 bridgehead atoms. The first kappa shape index (κ1) is 60.4. The molecule has 1 saturated heterocycles. The Balaban J connectivity index is 0.000000182. The molecule has 13 rings (SSSR count). The molecule has 0 amide bonds. The first-order valence-electron chi connectivity index (χ1n) is 24.5. The second-order valence-electron chi connectivity index (χ2n) is 18.3. The molecule has 0 atom stereocenters. The van der Waals surface area contributed by atoms with Crippen LogP contribution < -0.4 is 34.7 Å². The van der Waals surface area contributed by atoms with E-state index in [2.05, 4.69) is 139 Å². The number of fused-ring (bicyclic) bond motifs is 6. The summed E-state index contributed by atoms with van der Waals surface area (Å²) in [7, 11) is 0. The molecule has 1 aliphatic rings. The van der Waals surface area contributed by atoms with Crippen LogP contribution in [0.15, 0.2) is 206 Å². The van der Waals surface area contributed by atoms with Gasteiger partial charge in [-0.3, -0.25) is 4.57 Å². The third kappa shape index (κ3) is 15.9. The molecule has 78 heavy (non-hydrogen) atoms. The van der Waals surface area contributed by atoms with Crippen molar-refractivity contribution in [2.75, 3.05) is 13.2 Å². The maximum atomic E-state index is 10.1. The van der Waals surface area contributed by atoms with E-state index >= 15 is 0 Å². The summed E-state index contributed by atoms with van der Waals surface area (Å²) < 4.78 is 6.99. The Hall–Kier alpha value is -6.83. The molecule has 0 radical (unpaired) electrons. The molecule has 8 aromatic carbocycles. The Kier molecular flexibility index (Phi) is 22.2. The number of nitrogens with one attached hydrogen (secondary N) is 1. The van der Waals surface area contributed by atoms with Gasteiger partial charge in [-0.2, -0.15) is 29.9 Å². The first-order chi connectivity index (χ1) is 36.4. The summed E-state index contributed by atoms with van der Waals surface area (Å²) in [6.07, 6.45) is 2.56. The minimum absolute atomic E-state index is 0. The van der Waals surface area contributed by atoms with Crippen LogP contribution in [0.4, 0.5) is 0 Å². The topological polar surface area (TPSA) is 130 Å². The van der Waals surface area contributed by atoms with Crippen molar-refractivity contribution in [1.82, 2.24) is 39.5 Å². The number of halogens is 3. The zero-order valence-corrected chi connectivity index (χ0v) is 46.8. The number of hydrogen-bond donors (Lipinski definition) is 1. The number of hydrogen-bond acceptors (Lipinski definition) is 8. The van der Waals surface area contributed by atoms with Gasteiger partial charge in [-0.15, -0.1) is 5.60 Å². The third-order valence-corrected chi connectivity index (χ3v) is 12.2. The molecular weight excluding hydrogens is 1040 g/mol. The Bertz CT molecular complexity index is 3660. The number of nitrogens with zero attached hydrogens (tertiary/aromatic N) is 7. The fraction of sp³-hybridized carbons (Fsp3) is 0.156. The van der Waals surface area contributed by atoms with Gasteiger partial charge in [0, 0.05) is 56.9 Å². The maximum Gasteiger partial charge on any atom is 1.00 e. The van der Waals surface area contributed by atoms with Crippen LogP contribution in [0.2, 0.25) is 15.9 Å². The molecule has 1 aliphatic heterocycles. The standard InChI is InChI=1S/C27H17ClN4.C15H9Cl2N3.C12H9N.C4H8O.C4H9O.2CH4.Na/c28-26-29-25(20-16-14-19(15-17-20)18-8-2-1-3-9-18)30-27(31-26)32-23-12-6-4-10-21(23)22-11-5-7-13-24(22)32;16-14-18-13(19-15(17)20-14)12-8-6-11(7-9-12)10-4-2-1-3-5-10;1-3-7-11-9(5-1)10-6-2-4-8-12(10)13-11;1-2-4-5-3-1;1-4(2,3)5;;;/h1-17H;1-9H;1-8,13H;1-4H2;1-3H3;2*1H4;/q;;;;-1;;;+1.